The minimum atomic E-state index is -2.81. The van der Waals surface area contributed by atoms with Crippen LogP contribution in [-0.4, -0.2) is 12.4 Å². The standard InChI is InChI=1S/C10H8F2O2/c11-10(12)14-7-2-3-8-6(5-7)1-4-9(8)13/h2-3,5,10H,1,4H2. The van der Waals surface area contributed by atoms with E-state index in [9.17, 15) is 13.6 Å². The molecule has 1 aliphatic carbocycles. The number of carbonyl (C=O) groups is 1. The van der Waals surface area contributed by atoms with Crippen LogP contribution in [0.3, 0.4) is 0 Å². The van der Waals surface area contributed by atoms with Crippen molar-refractivity contribution < 1.29 is 18.3 Å². The molecule has 0 amide bonds. The number of alkyl halides is 2. The van der Waals surface area contributed by atoms with E-state index >= 15 is 0 Å². The number of aryl methyl sites for hydroxylation is 1. The molecule has 0 spiro atoms. The molecule has 0 radical (unpaired) electrons. The third-order valence-corrected chi connectivity index (χ3v) is 2.22. The molecule has 0 unspecified atom stereocenters. The van der Waals surface area contributed by atoms with Crippen molar-refractivity contribution >= 4 is 5.78 Å². The van der Waals surface area contributed by atoms with Crippen LogP contribution in [0.1, 0.15) is 22.3 Å². The maximum atomic E-state index is 11.9. The predicted octanol–water partition coefficient (Wildman–Crippen LogP) is 2.42. The van der Waals surface area contributed by atoms with Gasteiger partial charge < -0.3 is 4.74 Å². The third-order valence-electron chi connectivity index (χ3n) is 2.22. The zero-order chi connectivity index (χ0) is 10.1. The highest BCUT2D eigenvalue weighted by Crippen LogP contribution is 2.26. The second-order valence-corrected chi connectivity index (χ2v) is 3.12. The first-order valence-corrected chi connectivity index (χ1v) is 4.28. The highest BCUT2D eigenvalue weighted by molar-refractivity contribution is 6.00. The van der Waals surface area contributed by atoms with Crippen LogP contribution in [0.25, 0.3) is 0 Å². The van der Waals surface area contributed by atoms with Gasteiger partial charge in [0.15, 0.2) is 5.78 Å². The molecule has 0 N–H and O–H groups in total. The lowest BCUT2D eigenvalue weighted by Crippen LogP contribution is -2.02. The van der Waals surface area contributed by atoms with Crippen molar-refractivity contribution in [1.82, 2.24) is 0 Å². The van der Waals surface area contributed by atoms with Gasteiger partial charge in [0.05, 0.1) is 0 Å². The van der Waals surface area contributed by atoms with Crippen LogP contribution >= 0.6 is 0 Å². The van der Waals surface area contributed by atoms with E-state index in [4.69, 9.17) is 0 Å². The highest BCUT2D eigenvalue weighted by Gasteiger charge is 2.19. The van der Waals surface area contributed by atoms with Crippen molar-refractivity contribution in [3.8, 4) is 5.75 Å². The van der Waals surface area contributed by atoms with Crippen molar-refractivity contribution in [1.29, 1.82) is 0 Å². The first-order valence-electron chi connectivity index (χ1n) is 4.28. The Morgan fingerprint density at radius 2 is 2.07 bits per heavy atom. The van der Waals surface area contributed by atoms with Gasteiger partial charge in [-0.2, -0.15) is 8.78 Å². The van der Waals surface area contributed by atoms with Crippen molar-refractivity contribution in [3.05, 3.63) is 29.3 Å². The average Bonchev–Trinajstić information content (AvgIpc) is 2.46. The monoisotopic (exact) mass is 198 g/mol. The van der Waals surface area contributed by atoms with E-state index in [-0.39, 0.29) is 11.5 Å². The molecule has 1 aromatic carbocycles. The first-order chi connectivity index (χ1) is 6.66. The van der Waals surface area contributed by atoms with E-state index in [1.165, 1.54) is 12.1 Å². The Morgan fingerprint density at radius 1 is 1.29 bits per heavy atom. The summed E-state index contributed by atoms with van der Waals surface area (Å²) in [5.74, 6) is 0.192. The molecular formula is C10H8F2O2. The Morgan fingerprint density at radius 3 is 2.79 bits per heavy atom. The fraction of sp³-hybridized carbons (Fsp3) is 0.300. The Kier molecular flexibility index (Phi) is 2.19. The number of ether oxygens (including phenoxy) is 1. The Balaban J connectivity index is 2.28. The molecule has 14 heavy (non-hydrogen) atoms. The number of benzene rings is 1. The Labute approximate surface area is 79.5 Å². The summed E-state index contributed by atoms with van der Waals surface area (Å²) in [6.07, 6.45) is 1.09. The van der Waals surface area contributed by atoms with Gasteiger partial charge in [-0.1, -0.05) is 0 Å². The van der Waals surface area contributed by atoms with Crippen LogP contribution in [-0.2, 0) is 6.42 Å². The van der Waals surface area contributed by atoms with E-state index in [0.29, 0.717) is 18.4 Å². The molecule has 1 aliphatic rings. The van der Waals surface area contributed by atoms with Gasteiger partial charge in [0.25, 0.3) is 0 Å². The van der Waals surface area contributed by atoms with Crippen molar-refractivity contribution in [2.45, 2.75) is 19.5 Å². The van der Waals surface area contributed by atoms with Crippen molar-refractivity contribution in [2.24, 2.45) is 0 Å². The minimum Gasteiger partial charge on any atom is -0.435 e. The SMILES string of the molecule is O=C1CCc2cc(OC(F)F)ccc21. The summed E-state index contributed by atoms with van der Waals surface area (Å²) in [4.78, 5) is 11.2. The van der Waals surface area contributed by atoms with Crippen LogP contribution in [0.2, 0.25) is 0 Å². The number of hydrogen-bond donors (Lipinski definition) is 0. The van der Waals surface area contributed by atoms with Gasteiger partial charge in [0.2, 0.25) is 0 Å². The number of rotatable bonds is 2. The van der Waals surface area contributed by atoms with Gasteiger partial charge in [-0.05, 0) is 30.2 Å². The largest absolute Gasteiger partial charge is 0.435 e. The molecule has 2 nitrogen and oxygen atoms in total. The minimum absolute atomic E-state index is 0.0728. The van der Waals surface area contributed by atoms with E-state index < -0.39 is 6.61 Å². The summed E-state index contributed by atoms with van der Waals surface area (Å²) >= 11 is 0. The molecule has 0 aliphatic heterocycles. The fourth-order valence-corrected chi connectivity index (χ4v) is 1.61. The van der Waals surface area contributed by atoms with Gasteiger partial charge in [0.1, 0.15) is 5.75 Å². The van der Waals surface area contributed by atoms with E-state index in [2.05, 4.69) is 4.74 Å². The molecule has 0 fully saturated rings. The molecule has 0 bridgehead atoms. The lowest BCUT2D eigenvalue weighted by Gasteiger charge is -2.05. The number of carbonyl (C=O) groups excluding carboxylic acids is 1. The van der Waals surface area contributed by atoms with E-state index in [0.717, 1.165) is 5.56 Å². The summed E-state index contributed by atoms with van der Waals surface area (Å²) in [5, 5.41) is 0. The zero-order valence-corrected chi connectivity index (χ0v) is 7.30. The van der Waals surface area contributed by atoms with Crippen LogP contribution in [0.4, 0.5) is 8.78 Å². The van der Waals surface area contributed by atoms with Crippen LogP contribution in [0.15, 0.2) is 18.2 Å². The predicted molar refractivity (Wildman–Crippen MR) is 45.7 cm³/mol. The molecule has 4 heteroatoms. The number of halogens is 2. The van der Waals surface area contributed by atoms with E-state index in [1.807, 2.05) is 0 Å². The molecule has 0 saturated heterocycles. The third kappa shape index (κ3) is 1.60. The van der Waals surface area contributed by atoms with Gasteiger partial charge in [-0.25, -0.2) is 0 Å². The average molecular weight is 198 g/mol. The summed E-state index contributed by atoms with van der Waals surface area (Å²) in [6.45, 7) is -2.81. The quantitative estimate of drug-likeness (QED) is 0.729. The molecule has 0 atom stereocenters. The van der Waals surface area contributed by atoms with Crippen LogP contribution in [0.5, 0.6) is 5.75 Å². The smallest absolute Gasteiger partial charge is 0.387 e. The van der Waals surface area contributed by atoms with Gasteiger partial charge in [0, 0.05) is 12.0 Å². The number of ketones is 1. The fourth-order valence-electron chi connectivity index (χ4n) is 1.61. The summed E-state index contributed by atoms with van der Waals surface area (Å²) in [5.41, 5.74) is 1.43. The number of hydrogen-bond acceptors (Lipinski definition) is 2. The normalized spacial score (nSPS) is 14.6. The first kappa shape index (κ1) is 9.12. The van der Waals surface area contributed by atoms with Crippen LogP contribution < -0.4 is 4.74 Å². The van der Waals surface area contributed by atoms with Gasteiger partial charge in [-0.3, -0.25) is 4.79 Å². The maximum Gasteiger partial charge on any atom is 0.387 e. The lowest BCUT2D eigenvalue weighted by molar-refractivity contribution is -0.0498. The molecule has 74 valence electrons. The van der Waals surface area contributed by atoms with Gasteiger partial charge >= 0.3 is 6.61 Å². The molecule has 0 heterocycles. The summed E-state index contributed by atoms with van der Waals surface area (Å²) < 4.78 is 27.9. The van der Waals surface area contributed by atoms with Gasteiger partial charge in [-0.15, -0.1) is 0 Å². The van der Waals surface area contributed by atoms with E-state index in [1.54, 1.807) is 6.07 Å². The van der Waals surface area contributed by atoms with Crippen LogP contribution in [0, 0.1) is 0 Å². The molecule has 1 aromatic rings. The van der Waals surface area contributed by atoms with Crippen molar-refractivity contribution in [2.75, 3.05) is 0 Å². The Hall–Kier alpha value is -1.45. The molecular weight excluding hydrogens is 190 g/mol. The molecule has 2 rings (SSSR count). The maximum absolute atomic E-state index is 11.9. The second-order valence-electron chi connectivity index (χ2n) is 3.12. The van der Waals surface area contributed by atoms with Crippen molar-refractivity contribution in [3.63, 3.8) is 0 Å². The number of fused-ring (bicyclic) bond motifs is 1. The Bertz CT molecular complexity index is 374. The second kappa shape index (κ2) is 3.36. The molecule has 0 aromatic heterocycles. The lowest BCUT2D eigenvalue weighted by atomic mass is 10.1. The zero-order valence-electron chi connectivity index (χ0n) is 7.30. The highest BCUT2D eigenvalue weighted by atomic mass is 19.3. The summed E-state index contributed by atoms with van der Waals surface area (Å²) in [7, 11) is 0. The summed E-state index contributed by atoms with van der Waals surface area (Å²) in [6, 6.07) is 4.45. The number of Topliss-reactive ketones (excluding diaryl/α,β-unsaturated/α-hetero) is 1. The molecule has 0 saturated carbocycles. The topological polar surface area (TPSA) is 26.3 Å².